The van der Waals surface area contributed by atoms with Crippen LogP contribution in [0.3, 0.4) is 0 Å². The monoisotopic (exact) mass is 319 g/mol. The van der Waals surface area contributed by atoms with E-state index in [-0.39, 0.29) is 6.10 Å². The molecule has 1 aliphatic heterocycles. The van der Waals surface area contributed by atoms with Gasteiger partial charge in [0.1, 0.15) is 6.10 Å². The van der Waals surface area contributed by atoms with E-state index in [1.54, 1.807) is 7.11 Å². The van der Waals surface area contributed by atoms with Crippen molar-refractivity contribution in [2.24, 2.45) is 4.99 Å². The number of ether oxygens (including phenoxy) is 2. The number of morpholine rings is 1. The van der Waals surface area contributed by atoms with E-state index in [4.69, 9.17) is 14.5 Å². The third-order valence-electron chi connectivity index (χ3n) is 4.00. The molecule has 1 heterocycles. The number of guanidine groups is 1. The van der Waals surface area contributed by atoms with Crippen LogP contribution >= 0.6 is 0 Å². The van der Waals surface area contributed by atoms with E-state index >= 15 is 0 Å². The lowest BCUT2D eigenvalue weighted by Gasteiger charge is -2.35. The lowest BCUT2D eigenvalue weighted by atomic mass is 10.0. The topological polar surface area (TPSA) is 46.1 Å². The molecular weight excluding hydrogens is 290 g/mol. The fraction of sp³-hybridized carbons (Fsp3) is 0.611. The molecule has 0 spiro atoms. The molecular formula is C18H29N3O2. The van der Waals surface area contributed by atoms with Crippen molar-refractivity contribution in [2.75, 3.05) is 46.5 Å². The highest BCUT2D eigenvalue weighted by Crippen LogP contribution is 2.24. The Labute approximate surface area is 139 Å². The van der Waals surface area contributed by atoms with Crippen LogP contribution in [0, 0.1) is 6.92 Å². The van der Waals surface area contributed by atoms with Crippen LogP contribution in [0.2, 0.25) is 0 Å². The van der Waals surface area contributed by atoms with Crippen LogP contribution in [-0.4, -0.2) is 57.4 Å². The first-order valence-corrected chi connectivity index (χ1v) is 8.45. The second-order valence-corrected chi connectivity index (χ2v) is 5.74. The highest BCUT2D eigenvalue weighted by Gasteiger charge is 2.24. The summed E-state index contributed by atoms with van der Waals surface area (Å²) in [6, 6.07) is 8.45. The number of aliphatic imine (C=N–C) groups is 1. The second-order valence-electron chi connectivity index (χ2n) is 5.74. The van der Waals surface area contributed by atoms with Gasteiger partial charge in [0.05, 0.1) is 13.2 Å². The van der Waals surface area contributed by atoms with Gasteiger partial charge in [-0.3, -0.25) is 4.99 Å². The molecule has 23 heavy (non-hydrogen) atoms. The molecule has 0 aliphatic carbocycles. The van der Waals surface area contributed by atoms with Crippen LogP contribution in [-0.2, 0) is 9.47 Å². The summed E-state index contributed by atoms with van der Waals surface area (Å²) in [5.74, 6) is 0.977. The average molecular weight is 319 g/mol. The number of aryl methyl sites for hydroxylation is 1. The van der Waals surface area contributed by atoms with Crippen LogP contribution in [0.15, 0.2) is 29.3 Å². The van der Waals surface area contributed by atoms with E-state index in [2.05, 4.69) is 48.3 Å². The molecule has 2 rings (SSSR count). The minimum Gasteiger partial charge on any atom is -0.385 e. The van der Waals surface area contributed by atoms with Gasteiger partial charge in [-0.2, -0.15) is 0 Å². The minimum absolute atomic E-state index is 0.104. The van der Waals surface area contributed by atoms with Crippen LogP contribution in [0.4, 0.5) is 0 Å². The Bertz CT molecular complexity index is 505. The summed E-state index contributed by atoms with van der Waals surface area (Å²) >= 11 is 0. The Kier molecular flexibility index (Phi) is 7.36. The fourth-order valence-corrected chi connectivity index (χ4v) is 2.80. The number of benzene rings is 1. The predicted molar refractivity (Wildman–Crippen MR) is 93.9 cm³/mol. The van der Waals surface area contributed by atoms with Crippen LogP contribution in [0.5, 0.6) is 0 Å². The van der Waals surface area contributed by atoms with Crippen LogP contribution < -0.4 is 5.32 Å². The van der Waals surface area contributed by atoms with Gasteiger partial charge in [-0.1, -0.05) is 24.3 Å². The SMILES string of the molecule is CCNC(=NCCCOC)N1CCOC(c2ccccc2C)C1. The second kappa shape index (κ2) is 9.53. The van der Waals surface area contributed by atoms with E-state index in [1.807, 2.05) is 0 Å². The Morgan fingerprint density at radius 2 is 2.26 bits per heavy atom. The first-order valence-electron chi connectivity index (χ1n) is 8.45. The van der Waals surface area contributed by atoms with Crippen molar-refractivity contribution in [1.82, 2.24) is 10.2 Å². The molecule has 0 aromatic heterocycles. The Morgan fingerprint density at radius 1 is 1.43 bits per heavy atom. The third kappa shape index (κ3) is 5.22. The molecule has 1 saturated heterocycles. The molecule has 0 radical (unpaired) electrons. The summed E-state index contributed by atoms with van der Waals surface area (Å²) in [5, 5.41) is 3.40. The normalized spacial score (nSPS) is 19.0. The van der Waals surface area contributed by atoms with Gasteiger partial charge >= 0.3 is 0 Å². The number of nitrogens with zero attached hydrogens (tertiary/aromatic N) is 2. The number of hydrogen-bond acceptors (Lipinski definition) is 3. The van der Waals surface area contributed by atoms with Crippen molar-refractivity contribution in [2.45, 2.75) is 26.4 Å². The Hall–Kier alpha value is -1.59. The van der Waals surface area contributed by atoms with Crippen molar-refractivity contribution in [3.63, 3.8) is 0 Å². The van der Waals surface area contributed by atoms with Gasteiger partial charge in [0, 0.05) is 33.4 Å². The number of hydrogen-bond donors (Lipinski definition) is 1. The maximum atomic E-state index is 6.00. The van der Waals surface area contributed by atoms with Gasteiger partial charge < -0.3 is 19.7 Å². The molecule has 1 aromatic carbocycles. The first kappa shape index (κ1) is 17.8. The zero-order chi connectivity index (χ0) is 16.5. The van der Waals surface area contributed by atoms with Crippen LogP contribution in [0.25, 0.3) is 0 Å². The molecule has 0 saturated carbocycles. The Balaban J connectivity index is 2.03. The number of nitrogens with one attached hydrogen (secondary N) is 1. The molecule has 5 nitrogen and oxygen atoms in total. The van der Waals surface area contributed by atoms with Crippen molar-refractivity contribution in [3.05, 3.63) is 35.4 Å². The van der Waals surface area contributed by atoms with Gasteiger partial charge in [-0.15, -0.1) is 0 Å². The standard InChI is InChI=1S/C18H29N3O2/c1-4-19-18(20-10-7-12-22-3)21-11-13-23-17(14-21)16-9-6-5-8-15(16)2/h5-6,8-9,17H,4,7,10-14H2,1-3H3,(H,19,20). The van der Waals surface area contributed by atoms with Crippen LogP contribution in [0.1, 0.15) is 30.6 Å². The average Bonchev–Trinajstić information content (AvgIpc) is 2.58. The molecule has 1 N–H and O–H groups in total. The summed E-state index contributed by atoms with van der Waals surface area (Å²) < 4.78 is 11.1. The highest BCUT2D eigenvalue weighted by molar-refractivity contribution is 5.80. The minimum atomic E-state index is 0.104. The molecule has 1 unspecified atom stereocenters. The first-order chi connectivity index (χ1) is 11.3. The van der Waals surface area contributed by atoms with Crippen molar-refractivity contribution in [1.29, 1.82) is 0 Å². The summed E-state index contributed by atoms with van der Waals surface area (Å²) in [4.78, 5) is 7.02. The fourth-order valence-electron chi connectivity index (χ4n) is 2.80. The highest BCUT2D eigenvalue weighted by atomic mass is 16.5. The lowest BCUT2D eigenvalue weighted by Crippen LogP contribution is -2.48. The molecule has 5 heteroatoms. The van der Waals surface area contributed by atoms with E-state index in [0.717, 1.165) is 51.8 Å². The quantitative estimate of drug-likeness (QED) is 0.497. The van der Waals surface area contributed by atoms with E-state index in [9.17, 15) is 0 Å². The molecule has 1 fully saturated rings. The van der Waals surface area contributed by atoms with E-state index < -0.39 is 0 Å². The van der Waals surface area contributed by atoms with Gasteiger partial charge in [0.25, 0.3) is 0 Å². The third-order valence-corrected chi connectivity index (χ3v) is 4.00. The summed E-state index contributed by atoms with van der Waals surface area (Å²) in [7, 11) is 1.73. The number of rotatable bonds is 6. The van der Waals surface area contributed by atoms with Crippen molar-refractivity contribution < 1.29 is 9.47 Å². The molecule has 1 aromatic rings. The van der Waals surface area contributed by atoms with E-state index in [0.29, 0.717) is 0 Å². The largest absolute Gasteiger partial charge is 0.385 e. The van der Waals surface area contributed by atoms with E-state index in [1.165, 1.54) is 11.1 Å². The van der Waals surface area contributed by atoms with Crippen molar-refractivity contribution in [3.8, 4) is 0 Å². The zero-order valence-electron chi connectivity index (χ0n) is 14.5. The van der Waals surface area contributed by atoms with Gasteiger partial charge in [0.2, 0.25) is 0 Å². The zero-order valence-corrected chi connectivity index (χ0v) is 14.5. The predicted octanol–water partition coefficient (Wildman–Crippen LogP) is 2.37. The lowest BCUT2D eigenvalue weighted by molar-refractivity contribution is -0.00833. The summed E-state index contributed by atoms with van der Waals surface area (Å²) in [6.45, 7) is 9.07. The van der Waals surface area contributed by atoms with Gasteiger partial charge in [-0.05, 0) is 31.4 Å². The molecule has 1 aliphatic rings. The smallest absolute Gasteiger partial charge is 0.194 e. The maximum absolute atomic E-state index is 6.00. The molecule has 0 amide bonds. The Morgan fingerprint density at radius 3 is 3.00 bits per heavy atom. The molecule has 128 valence electrons. The van der Waals surface area contributed by atoms with Gasteiger partial charge in [0.15, 0.2) is 5.96 Å². The number of methoxy groups -OCH3 is 1. The molecule has 0 bridgehead atoms. The summed E-state index contributed by atoms with van der Waals surface area (Å²) in [6.07, 6.45) is 1.05. The summed E-state index contributed by atoms with van der Waals surface area (Å²) in [5.41, 5.74) is 2.55. The maximum Gasteiger partial charge on any atom is 0.194 e. The van der Waals surface area contributed by atoms with Gasteiger partial charge in [-0.25, -0.2) is 0 Å². The van der Waals surface area contributed by atoms with Crippen molar-refractivity contribution >= 4 is 5.96 Å². The molecule has 1 atom stereocenters.